The molecule has 0 aromatic heterocycles. The van der Waals surface area contributed by atoms with Gasteiger partial charge in [0.2, 0.25) is 0 Å². The number of phenols is 3. The number of benzene rings is 6. The van der Waals surface area contributed by atoms with Crippen molar-refractivity contribution in [2.24, 2.45) is 0 Å². The molecule has 0 aliphatic rings. The molecule has 0 fully saturated rings. The molecule has 0 aliphatic heterocycles. The Labute approximate surface area is 475 Å². The first-order chi connectivity index (χ1) is 36.5. The third-order valence-electron chi connectivity index (χ3n) is 12.5. The fraction of sp³-hybridized carbons (Fsp3) is 0.409. The molecule has 6 rings (SSSR count). The maximum atomic E-state index is 12.2. The number of esters is 3. The zero-order chi connectivity index (χ0) is 61.0. The maximum Gasteiger partial charge on any atom is 0.466 e. The monoisotopic (exact) mass is 1120 g/mol. The Bertz CT molecular complexity index is 2630. The molecule has 0 bridgehead atoms. The zero-order valence-electron chi connectivity index (χ0n) is 50.2. The van der Waals surface area contributed by atoms with Crippen LogP contribution >= 0.6 is 7.82 Å². The van der Waals surface area contributed by atoms with Crippen LogP contribution in [0.3, 0.4) is 0 Å². The molecule has 0 heterocycles. The Morgan fingerprint density at radius 1 is 0.338 bits per heavy atom. The Kier molecular flexibility index (Phi) is 22.9. The highest BCUT2D eigenvalue weighted by Crippen LogP contribution is 2.43. The minimum absolute atomic E-state index is 0.181. The molecule has 14 heteroatoms. The first-order valence-electron chi connectivity index (χ1n) is 26.6. The number of phenolic OH excluding ortho intramolecular Hbond substituents is 3. The lowest BCUT2D eigenvalue weighted by Gasteiger charge is -2.28. The Balaban J connectivity index is 0.000000302. The first-order valence-corrected chi connectivity index (χ1v) is 28.1. The summed E-state index contributed by atoms with van der Waals surface area (Å²) in [6, 6.07) is 38.5. The molecular weight excluding hydrogens is 1030 g/mol. The van der Waals surface area contributed by atoms with Crippen molar-refractivity contribution in [3.8, 4) is 17.2 Å². The number of carbonyl (C=O) groups is 3. The summed E-state index contributed by atoms with van der Waals surface area (Å²) in [6.45, 7) is 37.7. The highest BCUT2D eigenvalue weighted by molar-refractivity contribution is 7.45. The third-order valence-corrected chi connectivity index (χ3v) is 12.5. The Hall–Kier alpha value is -6.76. The van der Waals surface area contributed by atoms with E-state index in [-0.39, 0.29) is 70.2 Å². The molecule has 434 valence electrons. The molecule has 0 amide bonds. The van der Waals surface area contributed by atoms with Gasteiger partial charge in [-0.15, -0.1) is 0 Å². The lowest BCUT2D eigenvalue weighted by Crippen LogP contribution is -2.18. The van der Waals surface area contributed by atoms with E-state index in [9.17, 15) is 29.7 Å². The zero-order valence-corrected chi connectivity index (χ0v) is 51.1. The van der Waals surface area contributed by atoms with Crippen molar-refractivity contribution in [2.45, 2.75) is 177 Å². The second-order valence-electron chi connectivity index (χ2n) is 26.0. The van der Waals surface area contributed by atoms with E-state index < -0.39 is 7.82 Å². The van der Waals surface area contributed by atoms with E-state index in [2.05, 4.69) is 125 Å². The summed E-state index contributed by atoms with van der Waals surface area (Å²) in [4.78, 5) is 58.1. The van der Waals surface area contributed by atoms with E-state index in [0.717, 1.165) is 50.1 Å². The highest BCUT2D eigenvalue weighted by Gasteiger charge is 2.30. The molecule has 6 aromatic carbocycles. The van der Waals surface area contributed by atoms with E-state index >= 15 is 0 Å². The average Bonchev–Trinajstić information content (AvgIpc) is 3.33. The van der Waals surface area contributed by atoms with Crippen LogP contribution < -0.4 is 0 Å². The summed E-state index contributed by atoms with van der Waals surface area (Å²) in [5, 5.41) is 32.2. The quantitative estimate of drug-likeness (QED) is 0.0452. The van der Waals surface area contributed by atoms with Crippen molar-refractivity contribution in [3.63, 3.8) is 0 Å². The van der Waals surface area contributed by atoms with E-state index in [1.54, 1.807) is 36.4 Å². The minimum atomic E-state index is -4.64. The summed E-state index contributed by atoms with van der Waals surface area (Å²) in [7, 11) is -4.64. The van der Waals surface area contributed by atoms with E-state index in [0.29, 0.717) is 33.9 Å². The summed E-state index contributed by atoms with van der Waals surface area (Å²) in [5.74, 6) is -0.0377. The van der Waals surface area contributed by atoms with Gasteiger partial charge in [0.15, 0.2) is 0 Å². The van der Waals surface area contributed by atoms with Crippen molar-refractivity contribution in [1.29, 1.82) is 0 Å². The average molecular weight is 1120 g/mol. The van der Waals surface area contributed by atoms with Crippen LogP contribution in [0.2, 0.25) is 0 Å². The molecule has 0 aliphatic carbocycles. The van der Waals surface area contributed by atoms with Crippen LogP contribution in [0.5, 0.6) is 17.2 Å². The predicted octanol–water partition coefficient (Wildman–Crippen LogP) is 15.1. The van der Waals surface area contributed by atoms with E-state index in [1.807, 2.05) is 91.0 Å². The molecule has 0 atom stereocenters. The lowest BCUT2D eigenvalue weighted by molar-refractivity contribution is 0.0463. The van der Waals surface area contributed by atoms with Gasteiger partial charge in [-0.3, -0.25) is 0 Å². The molecule has 6 N–H and O–H groups in total. The summed E-state index contributed by atoms with van der Waals surface area (Å²) >= 11 is 0. The Morgan fingerprint density at radius 3 is 0.625 bits per heavy atom. The lowest BCUT2D eigenvalue weighted by atomic mass is 9.78. The predicted molar refractivity (Wildman–Crippen MR) is 317 cm³/mol. The number of hydrogen-bond donors (Lipinski definition) is 6. The number of aromatic hydroxyl groups is 3. The molecule has 0 saturated carbocycles. The summed E-state index contributed by atoms with van der Waals surface area (Å²) in [5.41, 5.74) is 8.23. The van der Waals surface area contributed by atoms with Crippen molar-refractivity contribution < 1.29 is 63.2 Å². The fourth-order valence-electron chi connectivity index (χ4n) is 8.18. The van der Waals surface area contributed by atoms with Crippen LogP contribution in [0.4, 0.5) is 0 Å². The van der Waals surface area contributed by atoms with Crippen molar-refractivity contribution in [2.75, 3.05) is 0 Å². The van der Waals surface area contributed by atoms with Gasteiger partial charge in [-0.05, 0) is 155 Å². The fourth-order valence-corrected chi connectivity index (χ4v) is 8.18. The van der Waals surface area contributed by atoms with Crippen LogP contribution in [0.25, 0.3) is 0 Å². The van der Waals surface area contributed by atoms with Crippen LogP contribution in [-0.2, 0) is 71.1 Å². The minimum Gasteiger partial charge on any atom is -0.507 e. The van der Waals surface area contributed by atoms with Crippen molar-refractivity contribution in [3.05, 3.63) is 194 Å². The number of hydrogen-bond acceptors (Lipinski definition) is 10. The smallest absolute Gasteiger partial charge is 0.466 e. The molecule has 0 radical (unpaired) electrons. The topological polar surface area (TPSA) is 217 Å². The highest BCUT2D eigenvalue weighted by atomic mass is 31.2. The van der Waals surface area contributed by atoms with Crippen molar-refractivity contribution in [1.82, 2.24) is 0 Å². The van der Waals surface area contributed by atoms with E-state index in [4.69, 9.17) is 33.5 Å². The molecule has 0 spiro atoms. The molecular formula is C66H87O13P. The van der Waals surface area contributed by atoms with Gasteiger partial charge < -0.3 is 44.2 Å². The summed E-state index contributed by atoms with van der Waals surface area (Å²) in [6.07, 6.45) is 0. The SMILES string of the molecule is CC(C)(C)c1cc(COC(=O)c2ccccc2)cc(C(C)(C)C)c1O.CC(C)(C)c1cc(COC(=O)c2ccccc2)cc(C(C)(C)C)c1O.CC(C)(C)c1cc(COC(=O)c2ccccc2)cc(C(C)(C)C)c1O.O=P(O)(O)O. The number of carbonyl (C=O) groups excluding carboxylic acids is 3. The van der Waals surface area contributed by atoms with Gasteiger partial charge in [-0.2, -0.15) is 0 Å². The molecule has 6 aromatic rings. The number of ether oxygens (including phenoxy) is 3. The van der Waals surface area contributed by atoms with Crippen LogP contribution in [0.1, 0.15) is 206 Å². The van der Waals surface area contributed by atoms with Gasteiger partial charge in [0.25, 0.3) is 0 Å². The van der Waals surface area contributed by atoms with Crippen molar-refractivity contribution >= 4 is 25.7 Å². The van der Waals surface area contributed by atoms with E-state index in [1.165, 1.54) is 0 Å². The largest absolute Gasteiger partial charge is 0.507 e. The van der Waals surface area contributed by atoms with Gasteiger partial charge in [0.05, 0.1) is 16.7 Å². The van der Waals surface area contributed by atoms with Crippen LogP contribution in [0, 0.1) is 0 Å². The Morgan fingerprint density at radius 2 is 0.487 bits per heavy atom. The summed E-state index contributed by atoms with van der Waals surface area (Å²) < 4.78 is 25.3. The molecule has 13 nitrogen and oxygen atoms in total. The first kappa shape index (κ1) is 67.5. The third kappa shape index (κ3) is 21.4. The molecule has 80 heavy (non-hydrogen) atoms. The maximum absolute atomic E-state index is 12.2. The van der Waals surface area contributed by atoms with Crippen LogP contribution in [0.15, 0.2) is 127 Å². The van der Waals surface area contributed by atoms with Gasteiger partial charge >= 0.3 is 25.7 Å². The second-order valence-corrected chi connectivity index (χ2v) is 27.0. The molecule has 0 unspecified atom stereocenters. The van der Waals surface area contributed by atoms with Crippen LogP contribution in [-0.4, -0.2) is 47.9 Å². The van der Waals surface area contributed by atoms with Gasteiger partial charge in [0.1, 0.15) is 37.1 Å². The van der Waals surface area contributed by atoms with Gasteiger partial charge in [-0.1, -0.05) is 179 Å². The van der Waals surface area contributed by atoms with Gasteiger partial charge in [-0.25, -0.2) is 18.9 Å². The number of phosphoric acid groups is 1. The standard InChI is InChI=1S/3C22H28O3.H3O4P/c3*1-21(2,3)17-12-15(13-18(19(17)23)22(4,5)6)14-25-20(24)16-10-8-7-9-11-16;1-5(2,3)4/h3*7-13,23H,14H2,1-6H3;(H3,1,2,3,4). The number of rotatable bonds is 9. The molecule has 0 saturated heterocycles. The van der Waals surface area contributed by atoms with Gasteiger partial charge in [0, 0.05) is 0 Å². The second kappa shape index (κ2) is 27.1. The normalized spacial score (nSPS) is 12.1.